The number of nitrogens with zero attached hydrogens (tertiary/aromatic N) is 2. The van der Waals surface area contributed by atoms with Crippen molar-refractivity contribution >= 4 is 27.5 Å². The van der Waals surface area contributed by atoms with Gasteiger partial charge in [0.2, 0.25) is 21.8 Å². The number of carbonyl (C=O) groups excluding carboxylic acids is 2. The summed E-state index contributed by atoms with van der Waals surface area (Å²) in [5.74, 6) is -1.74. The van der Waals surface area contributed by atoms with Crippen molar-refractivity contribution in [2.24, 2.45) is 0 Å². The predicted molar refractivity (Wildman–Crippen MR) is 157 cm³/mol. The molecule has 7 nitrogen and oxygen atoms in total. The highest BCUT2D eigenvalue weighted by molar-refractivity contribution is 7.92. The molecule has 0 bridgehead atoms. The summed E-state index contributed by atoms with van der Waals surface area (Å²) < 4.78 is 54.2. The van der Waals surface area contributed by atoms with E-state index in [1.165, 1.54) is 35.2 Å². The maximum atomic E-state index is 14.7. The number of anilines is 1. The normalized spacial score (nSPS) is 12.0. The molecule has 220 valence electrons. The first-order chi connectivity index (χ1) is 19.6. The van der Waals surface area contributed by atoms with Crippen LogP contribution in [0.3, 0.4) is 0 Å². The van der Waals surface area contributed by atoms with E-state index in [0.717, 1.165) is 29.0 Å². The fraction of sp³-hybridized carbons (Fsp3) is 0.355. The SMILES string of the molecule is CCCCNC(=O)[C@H](Cc1ccccc1)N(Cc1ccccc1F)C(=O)CCCN(c1ccc(F)cc1)S(C)(=O)=O. The van der Waals surface area contributed by atoms with Gasteiger partial charge in [0, 0.05) is 38.0 Å². The number of nitrogens with one attached hydrogen (secondary N) is 1. The summed E-state index contributed by atoms with van der Waals surface area (Å²) in [6.07, 6.45) is 2.97. The first kappa shape index (κ1) is 31.7. The van der Waals surface area contributed by atoms with E-state index in [0.29, 0.717) is 6.54 Å². The maximum absolute atomic E-state index is 14.7. The Morgan fingerprint density at radius 1 is 0.902 bits per heavy atom. The molecule has 0 aliphatic heterocycles. The molecule has 0 aromatic heterocycles. The van der Waals surface area contributed by atoms with Gasteiger partial charge in [-0.1, -0.05) is 61.9 Å². The van der Waals surface area contributed by atoms with Gasteiger partial charge in [0.05, 0.1) is 11.9 Å². The third-order valence-electron chi connectivity index (χ3n) is 6.67. The minimum Gasteiger partial charge on any atom is -0.354 e. The van der Waals surface area contributed by atoms with Gasteiger partial charge in [0.15, 0.2) is 0 Å². The summed E-state index contributed by atoms with van der Waals surface area (Å²) in [6, 6.07) is 19.5. The van der Waals surface area contributed by atoms with E-state index in [4.69, 9.17) is 0 Å². The molecule has 0 radical (unpaired) electrons. The Morgan fingerprint density at radius 3 is 2.20 bits per heavy atom. The molecule has 0 aliphatic rings. The maximum Gasteiger partial charge on any atom is 0.243 e. The van der Waals surface area contributed by atoms with Crippen LogP contribution < -0.4 is 9.62 Å². The third kappa shape index (κ3) is 9.67. The monoisotopic (exact) mass is 585 g/mol. The second kappa shape index (κ2) is 15.3. The van der Waals surface area contributed by atoms with Crippen molar-refractivity contribution in [3.63, 3.8) is 0 Å². The van der Waals surface area contributed by atoms with Crippen LogP contribution in [-0.2, 0) is 32.6 Å². The molecule has 0 spiro atoms. The van der Waals surface area contributed by atoms with Crippen molar-refractivity contribution in [1.29, 1.82) is 0 Å². The molecular formula is C31H37F2N3O4S. The molecule has 3 aromatic rings. The van der Waals surface area contributed by atoms with E-state index in [9.17, 15) is 26.8 Å². The molecular weight excluding hydrogens is 548 g/mol. The number of hydrogen-bond acceptors (Lipinski definition) is 4. The minimum atomic E-state index is -3.71. The molecule has 3 rings (SSSR count). The van der Waals surface area contributed by atoms with Gasteiger partial charge in [-0.3, -0.25) is 13.9 Å². The van der Waals surface area contributed by atoms with Crippen LogP contribution in [0.1, 0.15) is 43.7 Å². The minimum absolute atomic E-state index is 0.0320. The molecule has 1 N–H and O–H groups in total. The van der Waals surface area contributed by atoms with E-state index in [1.807, 2.05) is 37.3 Å². The van der Waals surface area contributed by atoms with E-state index in [1.54, 1.807) is 18.2 Å². The van der Waals surface area contributed by atoms with Crippen molar-refractivity contribution in [3.8, 4) is 0 Å². The van der Waals surface area contributed by atoms with Crippen LogP contribution in [0, 0.1) is 11.6 Å². The third-order valence-corrected chi connectivity index (χ3v) is 7.86. The Kier molecular flexibility index (Phi) is 11.8. The lowest BCUT2D eigenvalue weighted by Gasteiger charge is -2.32. The van der Waals surface area contributed by atoms with Gasteiger partial charge >= 0.3 is 0 Å². The second-order valence-electron chi connectivity index (χ2n) is 9.88. The fourth-order valence-corrected chi connectivity index (χ4v) is 5.45. The standard InChI is InChI=1S/C31H37F2N3O4S/c1-3-4-20-34-31(38)29(22-24-11-6-5-7-12-24)35(23-25-13-8-9-14-28(25)33)30(37)15-10-21-36(41(2,39)40)27-18-16-26(32)17-19-27/h5-9,11-14,16-19,29H,3-4,10,15,20-23H2,1-2H3,(H,34,38)/t29-/m0/s1. The predicted octanol–water partition coefficient (Wildman–Crippen LogP) is 5.07. The van der Waals surface area contributed by atoms with Crippen molar-refractivity contribution in [3.05, 3.63) is 102 Å². The van der Waals surface area contributed by atoms with Crippen LogP contribution in [0.4, 0.5) is 14.5 Å². The summed E-state index contributed by atoms with van der Waals surface area (Å²) >= 11 is 0. The highest BCUT2D eigenvalue weighted by atomic mass is 32.2. The number of rotatable bonds is 15. The van der Waals surface area contributed by atoms with Gasteiger partial charge in [-0.25, -0.2) is 17.2 Å². The lowest BCUT2D eigenvalue weighted by molar-refractivity contribution is -0.141. The van der Waals surface area contributed by atoms with Crippen molar-refractivity contribution in [2.75, 3.05) is 23.7 Å². The van der Waals surface area contributed by atoms with Gasteiger partial charge < -0.3 is 10.2 Å². The number of unbranched alkanes of at least 4 members (excludes halogenated alkanes) is 1. The van der Waals surface area contributed by atoms with Gasteiger partial charge in [-0.2, -0.15) is 0 Å². The number of benzene rings is 3. The first-order valence-electron chi connectivity index (χ1n) is 13.7. The Balaban J connectivity index is 1.87. The summed E-state index contributed by atoms with van der Waals surface area (Å²) in [4.78, 5) is 28.6. The Bertz CT molecular complexity index is 1390. The molecule has 0 fully saturated rings. The number of sulfonamides is 1. The first-order valence-corrected chi connectivity index (χ1v) is 15.5. The summed E-state index contributed by atoms with van der Waals surface area (Å²) in [5.41, 5.74) is 1.39. The lowest BCUT2D eigenvalue weighted by Crippen LogP contribution is -2.50. The molecule has 2 amide bonds. The molecule has 0 aliphatic carbocycles. The topological polar surface area (TPSA) is 86.8 Å². The number of amides is 2. The molecule has 0 saturated carbocycles. The van der Waals surface area contributed by atoms with Crippen molar-refractivity contribution < 1.29 is 26.8 Å². The molecule has 10 heteroatoms. The Morgan fingerprint density at radius 2 is 1.56 bits per heavy atom. The zero-order valence-electron chi connectivity index (χ0n) is 23.4. The van der Waals surface area contributed by atoms with Crippen LogP contribution in [-0.4, -0.2) is 50.5 Å². The highest BCUT2D eigenvalue weighted by Crippen LogP contribution is 2.21. The quantitative estimate of drug-likeness (QED) is 0.253. The molecule has 0 unspecified atom stereocenters. The fourth-order valence-electron chi connectivity index (χ4n) is 4.48. The summed E-state index contributed by atoms with van der Waals surface area (Å²) in [6.45, 7) is 2.30. The number of halogens is 2. The number of hydrogen-bond donors (Lipinski definition) is 1. The average molecular weight is 586 g/mol. The van der Waals surface area contributed by atoms with Gasteiger partial charge in [0.25, 0.3) is 0 Å². The highest BCUT2D eigenvalue weighted by Gasteiger charge is 2.31. The average Bonchev–Trinajstić information content (AvgIpc) is 2.94. The number of carbonyl (C=O) groups is 2. The molecule has 1 atom stereocenters. The van der Waals surface area contributed by atoms with E-state index >= 15 is 0 Å². The van der Waals surface area contributed by atoms with Crippen molar-refractivity contribution in [2.45, 2.75) is 51.6 Å². The van der Waals surface area contributed by atoms with E-state index in [2.05, 4.69) is 5.32 Å². The zero-order chi connectivity index (χ0) is 29.8. The lowest BCUT2D eigenvalue weighted by atomic mass is 10.0. The molecule has 0 saturated heterocycles. The largest absolute Gasteiger partial charge is 0.354 e. The van der Waals surface area contributed by atoms with Crippen LogP contribution >= 0.6 is 0 Å². The smallest absolute Gasteiger partial charge is 0.243 e. The van der Waals surface area contributed by atoms with Crippen LogP contribution in [0.15, 0.2) is 78.9 Å². The van der Waals surface area contributed by atoms with Gasteiger partial charge in [-0.15, -0.1) is 0 Å². The summed E-state index contributed by atoms with van der Waals surface area (Å²) in [7, 11) is -3.71. The van der Waals surface area contributed by atoms with E-state index < -0.39 is 33.6 Å². The van der Waals surface area contributed by atoms with Crippen LogP contribution in [0.2, 0.25) is 0 Å². The van der Waals surface area contributed by atoms with Crippen LogP contribution in [0.25, 0.3) is 0 Å². The van der Waals surface area contributed by atoms with Gasteiger partial charge in [-0.05, 0) is 48.7 Å². The zero-order valence-corrected chi connectivity index (χ0v) is 24.2. The molecule has 0 heterocycles. The summed E-state index contributed by atoms with van der Waals surface area (Å²) in [5, 5.41) is 2.92. The van der Waals surface area contributed by atoms with Crippen LogP contribution in [0.5, 0.6) is 0 Å². The van der Waals surface area contributed by atoms with Crippen molar-refractivity contribution in [1.82, 2.24) is 10.2 Å². The van der Waals surface area contributed by atoms with E-state index in [-0.39, 0.29) is 49.5 Å². The molecule has 3 aromatic carbocycles. The molecule has 41 heavy (non-hydrogen) atoms. The van der Waals surface area contributed by atoms with Gasteiger partial charge in [0.1, 0.15) is 17.7 Å². The Labute approximate surface area is 241 Å². The second-order valence-corrected chi connectivity index (χ2v) is 11.8. The Hall–Kier alpha value is -3.79.